The SMILES string of the molecule is CCOC(C)c1ccc(C)c(N)c1. The molecular formula is C11H17NO. The number of aryl methyl sites for hydroxylation is 1. The molecule has 1 aromatic carbocycles. The molecule has 0 saturated carbocycles. The van der Waals surface area contributed by atoms with Crippen LogP contribution in [-0.4, -0.2) is 6.61 Å². The summed E-state index contributed by atoms with van der Waals surface area (Å²) < 4.78 is 5.47. The Balaban J connectivity index is 2.84. The molecule has 0 aliphatic carbocycles. The van der Waals surface area contributed by atoms with Crippen LogP contribution in [0.2, 0.25) is 0 Å². The van der Waals surface area contributed by atoms with Gasteiger partial charge in [-0.3, -0.25) is 0 Å². The first-order valence-corrected chi connectivity index (χ1v) is 4.62. The molecule has 1 aromatic rings. The van der Waals surface area contributed by atoms with Crippen molar-refractivity contribution in [2.45, 2.75) is 26.9 Å². The molecule has 13 heavy (non-hydrogen) atoms. The van der Waals surface area contributed by atoms with Gasteiger partial charge in [-0.2, -0.15) is 0 Å². The van der Waals surface area contributed by atoms with E-state index in [4.69, 9.17) is 10.5 Å². The minimum absolute atomic E-state index is 0.132. The van der Waals surface area contributed by atoms with Crippen LogP contribution in [0.5, 0.6) is 0 Å². The molecular weight excluding hydrogens is 162 g/mol. The maximum Gasteiger partial charge on any atom is 0.0797 e. The Morgan fingerprint density at radius 3 is 2.69 bits per heavy atom. The number of rotatable bonds is 3. The fourth-order valence-electron chi connectivity index (χ4n) is 1.26. The minimum atomic E-state index is 0.132. The van der Waals surface area contributed by atoms with Crippen LogP contribution >= 0.6 is 0 Å². The van der Waals surface area contributed by atoms with Crippen LogP contribution in [0.1, 0.15) is 31.1 Å². The molecule has 0 fully saturated rings. The lowest BCUT2D eigenvalue weighted by atomic mass is 10.1. The van der Waals surface area contributed by atoms with Crippen molar-refractivity contribution in [3.8, 4) is 0 Å². The second kappa shape index (κ2) is 4.28. The van der Waals surface area contributed by atoms with Crippen LogP contribution in [-0.2, 0) is 4.74 Å². The normalized spacial score (nSPS) is 12.8. The van der Waals surface area contributed by atoms with E-state index in [9.17, 15) is 0 Å². The van der Waals surface area contributed by atoms with E-state index in [-0.39, 0.29) is 6.10 Å². The summed E-state index contributed by atoms with van der Waals surface area (Å²) in [5, 5.41) is 0. The average molecular weight is 179 g/mol. The summed E-state index contributed by atoms with van der Waals surface area (Å²) in [6.45, 7) is 6.76. The second-order valence-corrected chi connectivity index (χ2v) is 3.21. The fraction of sp³-hybridized carbons (Fsp3) is 0.455. The highest BCUT2D eigenvalue weighted by molar-refractivity contribution is 5.48. The van der Waals surface area contributed by atoms with E-state index in [1.54, 1.807) is 0 Å². The molecule has 0 bridgehead atoms. The topological polar surface area (TPSA) is 35.2 Å². The third-order valence-electron chi connectivity index (χ3n) is 2.19. The Morgan fingerprint density at radius 1 is 1.46 bits per heavy atom. The van der Waals surface area contributed by atoms with Gasteiger partial charge >= 0.3 is 0 Å². The molecule has 1 atom stereocenters. The van der Waals surface area contributed by atoms with Gasteiger partial charge in [-0.15, -0.1) is 0 Å². The van der Waals surface area contributed by atoms with E-state index in [0.717, 1.165) is 23.4 Å². The molecule has 0 saturated heterocycles. The number of hydrogen-bond acceptors (Lipinski definition) is 2. The summed E-state index contributed by atoms with van der Waals surface area (Å²) >= 11 is 0. The van der Waals surface area contributed by atoms with Crippen LogP contribution in [0.4, 0.5) is 5.69 Å². The number of anilines is 1. The van der Waals surface area contributed by atoms with E-state index < -0.39 is 0 Å². The molecule has 0 aliphatic heterocycles. The Labute approximate surface area is 79.7 Å². The molecule has 0 aromatic heterocycles. The Morgan fingerprint density at radius 2 is 2.15 bits per heavy atom. The van der Waals surface area contributed by atoms with Crippen LogP contribution in [0.3, 0.4) is 0 Å². The van der Waals surface area contributed by atoms with E-state index in [2.05, 4.69) is 6.07 Å². The zero-order chi connectivity index (χ0) is 9.84. The zero-order valence-electron chi connectivity index (χ0n) is 8.50. The maximum atomic E-state index is 5.80. The highest BCUT2D eigenvalue weighted by atomic mass is 16.5. The van der Waals surface area contributed by atoms with Gasteiger partial charge in [-0.1, -0.05) is 12.1 Å². The van der Waals surface area contributed by atoms with Gasteiger partial charge in [0, 0.05) is 12.3 Å². The van der Waals surface area contributed by atoms with Gasteiger partial charge in [-0.05, 0) is 38.0 Å². The smallest absolute Gasteiger partial charge is 0.0797 e. The number of benzene rings is 1. The number of hydrogen-bond donors (Lipinski definition) is 1. The fourth-order valence-corrected chi connectivity index (χ4v) is 1.26. The summed E-state index contributed by atoms with van der Waals surface area (Å²) in [6.07, 6.45) is 0.132. The lowest BCUT2D eigenvalue weighted by molar-refractivity contribution is 0.0764. The summed E-state index contributed by atoms with van der Waals surface area (Å²) in [5.41, 5.74) is 8.90. The lowest BCUT2D eigenvalue weighted by Crippen LogP contribution is -2.01. The first-order valence-electron chi connectivity index (χ1n) is 4.62. The monoisotopic (exact) mass is 179 g/mol. The quantitative estimate of drug-likeness (QED) is 0.724. The van der Waals surface area contributed by atoms with Crippen molar-refractivity contribution in [1.29, 1.82) is 0 Å². The Bertz CT molecular complexity index is 283. The van der Waals surface area contributed by atoms with Gasteiger partial charge in [-0.25, -0.2) is 0 Å². The predicted octanol–water partition coefficient (Wildman–Crippen LogP) is 2.67. The highest BCUT2D eigenvalue weighted by Gasteiger charge is 2.05. The van der Waals surface area contributed by atoms with Crippen LogP contribution in [0.15, 0.2) is 18.2 Å². The van der Waals surface area contributed by atoms with Gasteiger partial charge in [0.15, 0.2) is 0 Å². The number of nitrogen functional groups attached to an aromatic ring is 1. The molecule has 2 nitrogen and oxygen atoms in total. The van der Waals surface area contributed by atoms with Crippen molar-refractivity contribution >= 4 is 5.69 Å². The highest BCUT2D eigenvalue weighted by Crippen LogP contribution is 2.21. The Hall–Kier alpha value is -1.02. The molecule has 0 heterocycles. The second-order valence-electron chi connectivity index (χ2n) is 3.21. The lowest BCUT2D eigenvalue weighted by Gasteiger charge is -2.13. The van der Waals surface area contributed by atoms with Gasteiger partial charge in [0.1, 0.15) is 0 Å². The molecule has 0 spiro atoms. The molecule has 1 rings (SSSR count). The average Bonchev–Trinajstić information content (AvgIpc) is 2.10. The van der Waals surface area contributed by atoms with E-state index in [1.165, 1.54) is 0 Å². The van der Waals surface area contributed by atoms with Gasteiger partial charge < -0.3 is 10.5 Å². The van der Waals surface area contributed by atoms with Crippen molar-refractivity contribution in [2.24, 2.45) is 0 Å². The van der Waals surface area contributed by atoms with Crippen LogP contribution in [0, 0.1) is 6.92 Å². The molecule has 0 aliphatic rings. The van der Waals surface area contributed by atoms with Crippen LogP contribution < -0.4 is 5.73 Å². The van der Waals surface area contributed by atoms with Crippen molar-refractivity contribution < 1.29 is 4.74 Å². The Kier molecular flexibility index (Phi) is 3.32. The summed E-state index contributed by atoms with van der Waals surface area (Å²) in [6, 6.07) is 6.07. The van der Waals surface area contributed by atoms with Gasteiger partial charge in [0.05, 0.1) is 6.10 Å². The molecule has 72 valence electrons. The minimum Gasteiger partial charge on any atom is -0.399 e. The van der Waals surface area contributed by atoms with Gasteiger partial charge in [0.25, 0.3) is 0 Å². The van der Waals surface area contributed by atoms with Gasteiger partial charge in [0.2, 0.25) is 0 Å². The predicted molar refractivity (Wildman–Crippen MR) is 55.6 cm³/mol. The number of ether oxygens (including phenoxy) is 1. The van der Waals surface area contributed by atoms with Crippen molar-refractivity contribution in [3.05, 3.63) is 29.3 Å². The van der Waals surface area contributed by atoms with E-state index in [0.29, 0.717) is 0 Å². The summed E-state index contributed by atoms with van der Waals surface area (Å²) in [7, 11) is 0. The van der Waals surface area contributed by atoms with Crippen molar-refractivity contribution in [1.82, 2.24) is 0 Å². The first-order chi connectivity index (χ1) is 6.15. The molecule has 0 amide bonds. The molecule has 1 unspecified atom stereocenters. The zero-order valence-corrected chi connectivity index (χ0v) is 8.50. The summed E-state index contributed by atoms with van der Waals surface area (Å²) in [5.74, 6) is 0. The molecule has 0 radical (unpaired) electrons. The first kappa shape index (κ1) is 10.1. The van der Waals surface area contributed by atoms with Crippen LogP contribution in [0.25, 0.3) is 0 Å². The van der Waals surface area contributed by atoms with E-state index in [1.807, 2.05) is 32.9 Å². The maximum absolute atomic E-state index is 5.80. The van der Waals surface area contributed by atoms with E-state index >= 15 is 0 Å². The van der Waals surface area contributed by atoms with Crippen molar-refractivity contribution in [2.75, 3.05) is 12.3 Å². The third kappa shape index (κ3) is 2.46. The number of nitrogens with two attached hydrogens (primary N) is 1. The largest absolute Gasteiger partial charge is 0.399 e. The molecule has 2 heteroatoms. The standard InChI is InChI=1S/C11H17NO/c1-4-13-9(3)10-6-5-8(2)11(12)7-10/h5-7,9H,4,12H2,1-3H3. The summed E-state index contributed by atoms with van der Waals surface area (Å²) in [4.78, 5) is 0. The van der Waals surface area contributed by atoms with Crippen molar-refractivity contribution in [3.63, 3.8) is 0 Å². The third-order valence-corrected chi connectivity index (χ3v) is 2.19. The molecule has 2 N–H and O–H groups in total.